The molecule has 39 heavy (non-hydrogen) atoms. The summed E-state index contributed by atoms with van der Waals surface area (Å²) in [5, 5.41) is 25.4. The van der Waals surface area contributed by atoms with E-state index >= 15 is 0 Å². The molecule has 4 rings (SSSR count). The number of anilines is 1. The van der Waals surface area contributed by atoms with Gasteiger partial charge in [0.15, 0.2) is 5.82 Å². The number of esters is 1. The van der Waals surface area contributed by atoms with Crippen LogP contribution in [0.2, 0.25) is 0 Å². The van der Waals surface area contributed by atoms with Crippen LogP contribution in [0.5, 0.6) is 11.5 Å². The summed E-state index contributed by atoms with van der Waals surface area (Å²) >= 11 is 0. The van der Waals surface area contributed by atoms with Gasteiger partial charge < -0.3 is 25.6 Å². The van der Waals surface area contributed by atoms with Crippen molar-refractivity contribution in [3.05, 3.63) is 101 Å². The van der Waals surface area contributed by atoms with E-state index in [1.165, 1.54) is 31.5 Å². The third kappa shape index (κ3) is 6.34. The average molecular weight is 531 g/mol. The zero-order valence-corrected chi connectivity index (χ0v) is 20.9. The van der Waals surface area contributed by atoms with Crippen LogP contribution in [-0.4, -0.2) is 48.3 Å². The van der Waals surface area contributed by atoms with Gasteiger partial charge in [0.25, 0.3) is 5.95 Å². The van der Waals surface area contributed by atoms with Gasteiger partial charge in [-0.3, -0.25) is 15.2 Å². The van der Waals surface area contributed by atoms with Crippen LogP contribution in [0.1, 0.15) is 35.5 Å². The molecule has 1 atom stereocenters. The maximum absolute atomic E-state index is 12.8. The van der Waals surface area contributed by atoms with Crippen LogP contribution in [0.25, 0.3) is 5.95 Å². The number of aromatic nitrogens is 5. The lowest BCUT2D eigenvalue weighted by atomic mass is 10.0. The molecule has 4 aromatic rings. The summed E-state index contributed by atoms with van der Waals surface area (Å²) in [5.74, 6) is -0.0528. The number of nitrogen functional groups attached to an aromatic ring is 1. The van der Waals surface area contributed by atoms with E-state index in [2.05, 4.69) is 31.9 Å². The van der Waals surface area contributed by atoms with E-state index in [0.717, 1.165) is 4.68 Å². The summed E-state index contributed by atoms with van der Waals surface area (Å²) < 4.78 is 12.0. The highest BCUT2D eigenvalue weighted by molar-refractivity contribution is 5.98. The van der Waals surface area contributed by atoms with Gasteiger partial charge in [0.2, 0.25) is 0 Å². The van der Waals surface area contributed by atoms with Crippen molar-refractivity contribution in [2.45, 2.75) is 19.6 Å². The van der Waals surface area contributed by atoms with Gasteiger partial charge in [-0.25, -0.2) is 14.8 Å². The second kappa shape index (κ2) is 11.8. The molecule has 0 saturated carbocycles. The molecule has 0 spiro atoms. The third-order valence-electron chi connectivity index (χ3n) is 5.36. The van der Waals surface area contributed by atoms with Crippen molar-refractivity contribution >= 4 is 17.5 Å². The van der Waals surface area contributed by atoms with Crippen LogP contribution in [0.15, 0.2) is 72.3 Å². The molecule has 2 aromatic carbocycles. The highest BCUT2D eigenvalue weighted by Gasteiger charge is 2.23. The number of H-pyrrole nitrogens is 1. The van der Waals surface area contributed by atoms with Gasteiger partial charge in [0.05, 0.1) is 12.2 Å². The molecule has 6 N–H and O–H groups in total. The first-order valence-corrected chi connectivity index (χ1v) is 11.7. The normalized spacial score (nSPS) is 11.4. The SMILES string of the molecule is C=CCOc1cc(CO)cc(C(Nc2ccc(C(=N)N)c(OC(C)=O)c2)c2nn(-c3ncccn3)c(=O)[nH]2)c1. The standard InChI is InChI=1S/C26H26N8O5/c1-3-9-38-19-11-16(14-35)10-17(12-19)22(24-32-26(37)34(33-24)25-29-7-4-8-30-25)31-18-5-6-20(23(27)28)21(13-18)39-15(2)36/h3-8,10-13,22,31,35H,1,9,14H2,2H3,(H3,27,28)(H,32,33,37). The molecule has 0 saturated heterocycles. The Morgan fingerprint density at radius 1 is 1.28 bits per heavy atom. The summed E-state index contributed by atoms with van der Waals surface area (Å²) in [6.07, 6.45) is 4.56. The molecule has 13 heteroatoms. The minimum Gasteiger partial charge on any atom is -0.490 e. The average Bonchev–Trinajstić information content (AvgIpc) is 3.31. The van der Waals surface area contributed by atoms with Gasteiger partial charge in [-0.05, 0) is 41.5 Å². The Morgan fingerprint density at radius 3 is 2.72 bits per heavy atom. The maximum atomic E-state index is 12.8. The zero-order chi connectivity index (χ0) is 27.9. The lowest BCUT2D eigenvalue weighted by molar-refractivity contribution is -0.131. The molecular formula is C26H26N8O5. The Labute approximate surface area is 222 Å². The van der Waals surface area contributed by atoms with Crippen molar-refractivity contribution in [2.75, 3.05) is 11.9 Å². The van der Waals surface area contributed by atoms with Crippen LogP contribution in [-0.2, 0) is 11.4 Å². The Hall–Kier alpha value is -5.30. The second-order valence-electron chi connectivity index (χ2n) is 8.24. The van der Waals surface area contributed by atoms with Gasteiger partial charge >= 0.3 is 11.7 Å². The molecule has 0 aliphatic carbocycles. The second-order valence-corrected chi connectivity index (χ2v) is 8.24. The van der Waals surface area contributed by atoms with Crippen LogP contribution in [0.4, 0.5) is 5.69 Å². The van der Waals surface area contributed by atoms with E-state index in [0.29, 0.717) is 22.6 Å². The smallest absolute Gasteiger partial charge is 0.350 e. The number of aliphatic hydroxyl groups is 1. The number of ether oxygens (including phenoxy) is 2. The zero-order valence-electron chi connectivity index (χ0n) is 20.9. The van der Waals surface area contributed by atoms with E-state index < -0.39 is 17.7 Å². The quantitative estimate of drug-likeness (QED) is 0.0627. The topological polar surface area (TPSA) is 194 Å². The summed E-state index contributed by atoms with van der Waals surface area (Å²) in [6, 6.07) is 10.6. The minimum atomic E-state index is -0.798. The number of nitrogens with zero attached hydrogens (tertiary/aromatic N) is 4. The Kier molecular flexibility index (Phi) is 8.12. The number of carbonyl (C=O) groups is 1. The van der Waals surface area contributed by atoms with Gasteiger partial charge in [-0.1, -0.05) is 18.7 Å². The molecule has 13 nitrogen and oxygen atoms in total. The summed E-state index contributed by atoms with van der Waals surface area (Å²) in [4.78, 5) is 35.4. The fraction of sp³-hybridized carbons (Fsp3) is 0.154. The molecule has 0 radical (unpaired) electrons. The third-order valence-corrected chi connectivity index (χ3v) is 5.36. The number of carbonyl (C=O) groups excluding carboxylic acids is 1. The first-order chi connectivity index (χ1) is 18.8. The van der Waals surface area contributed by atoms with Crippen molar-refractivity contribution in [2.24, 2.45) is 5.73 Å². The molecular weight excluding hydrogens is 504 g/mol. The van der Waals surface area contributed by atoms with E-state index in [-0.39, 0.29) is 42.1 Å². The van der Waals surface area contributed by atoms with Gasteiger partial charge in [-0.15, -0.1) is 9.78 Å². The molecule has 0 aliphatic rings. The lowest BCUT2D eigenvalue weighted by Gasteiger charge is -2.21. The summed E-state index contributed by atoms with van der Waals surface area (Å²) in [7, 11) is 0. The maximum Gasteiger partial charge on any atom is 0.350 e. The molecule has 1 unspecified atom stereocenters. The Balaban J connectivity index is 1.84. The van der Waals surface area contributed by atoms with Crippen molar-refractivity contribution < 1.29 is 19.4 Å². The molecule has 2 heterocycles. The van der Waals surface area contributed by atoms with Crippen LogP contribution in [0.3, 0.4) is 0 Å². The Bertz CT molecular complexity index is 1560. The number of amidine groups is 1. The number of hydrogen-bond acceptors (Lipinski definition) is 10. The van der Waals surface area contributed by atoms with Crippen molar-refractivity contribution in [3.8, 4) is 17.4 Å². The monoisotopic (exact) mass is 530 g/mol. The number of hydrogen-bond donors (Lipinski definition) is 5. The molecule has 200 valence electrons. The highest BCUT2D eigenvalue weighted by atomic mass is 16.5. The number of benzene rings is 2. The fourth-order valence-corrected chi connectivity index (χ4v) is 3.74. The van der Waals surface area contributed by atoms with E-state index in [1.54, 1.807) is 36.4 Å². The largest absolute Gasteiger partial charge is 0.490 e. The molecule has 0 bridgehead atoms. The predicted molar refractivity (Wildman–Crippen MR) is 142 cm³/mol. The first kappa shape index (κ1) is 26.8. The lowest BCUT2D eigenvalue weighted by Crippen LogP contribution is -2.18. The number of aromatic amines is 1. The highest BCUT2D eigenvalue weighted by Crippen LogP contribution is 2.31. The van der Waals surface area contributed by atoms with Crippen LogP contribution >= 0.6 is 0 Å². The fourth-order valence-electron chi connectivity index (χ4n) is 3.74. The van der Waals surface area contributed by atoms with E-state index in [1.807, 2.05) is 0 Å². The summed E-state index contributed by atoms with van der Waals surface area (Å²) in [6.45, 7) is 4.87. The molecule has 0 amide bonds. The number of nitrogens with one attached hydrogen (secondary N) is 3. The minimum absolute atomic E-state index is 0.0748. The number of rotatable bonds is 11. The van der Waals surface area contributed by atoms with Crippen LogP contribution in [0, 0.1) is 5.41 Å². The summed E-state index contributed by atoms with van der Waals surface area (Å²) in [5.41, 5.74) is 6.90. The van der Waals surface area contributed by atoms with Gasteiger partial charge in [0.1, 0.15) is 30.0 Å². The number of aliphatic hydroxyl groups excluding tert-OH is 1. The van der Waals surface area contributed by atoms with E-state index in [4.69, 9.17) is 20.6 Å². The molecule has 0 aliphatic heterocycles. The van der Waals surface area contributed by atoms with Gasteiger partial charge in [0, 0.05) is 31.1 Å². The predicted octanol–water partition coefficient (Wildman–Crippen LogP) is 1.82. The first-order valence-electron chi connectivity index (χ1n) is 11.7. The van der Waals surface area contributed by atoms with Crippen LogP contribution < -0.4 is 26.2 Å². The van der Waals surface area contributed by atoms with Crippen molar-refractivity contribution in [1.82, 2.24) is 24.7 Å². The Morgan fingerprint density at radius 2 is 2.05 bits per heavy atom. The molecule has 2 aromatic heterocycles. The van der Waals surface area contributed by atoms with Crippen molar-refractivity contribution in [1.29, 1.82) is 5.41 Å². The van der Waals surface area contributed by atoms with Gasteiger partial charge in [-0.2, -0.15) is 0 Å². The van der Waals surface area contributed by atoms with E-state index in [9.17, 15) is 14.7 Å². The van der Waals surface area contributed by atoms with Crippen molar-refractivity contribution in [3.63, 3.8) is 0 Å². The number of nitrogens with two attached hydrogens (primary N) is 1. The molecule has 0 fully saturated rings.